The van der Waals surface area contributed by atoms with Gasteiger partial charge in [-0.1, -0.05) is 32.0 Å². The molecule has 1 unspecified atom stereocenters. The fraction of sp³-hybridized carbons (Fsp3) is 0.235. The molecule has 0 bridgehead atoms. The van der Waals surface area contributed by atoms with Gasteiger partial charge in [0.2, 0.25) is 0 Å². The first kappa shape index (κ1) is 15.0. The molecule has 0 aliphatic rings. The van der Waals surface area contributed by atoms with Crippen LogP contribution in [-0.2, 0) is 0 Å². The van der Waals surface area contributed by atoms with Crippen LogP contribution >= 0.6 is 0 Å². The maximum atomic E-state index is 13.2. The second-order valence-electron chi connectivity index (χ2n) is 4.89. The Labute approximate surface area is 123 Å². The number of halogens is 1. The number of hydrogen-bond donors (Lipinski definition) is 1. The molecule has 0 fully saturated rings. The van der Waals surface area contributed by atoms with Crippen molar-refractivity contribution in [2.45, 2.75) is 26.2 Å². The van der Waals surface area contributed by atoms with E-state index >= 15 is 0 Å². The van der Waals surface area contributed by atoms with Gasteiger partial charge in [0.05, 0.1) is 0 Å². The number of carboxylic acids is 1. The molecular formula is C17H17FO3. The molecule has 0 radical (unpaired) electrons. The van der Waals surface area contributed by atoms with Crippen molar-refractivity contribution in [2.24, 2.45) is 0 Å². The standard InChI is InChI=1S/C17H17FO3/c1-3-11(2)13-6-4-5-7-15(13)21-16-9-8-12(18)10-14(16)17(19)20/h4-11H,3H2,1-2H3,(H,19,20). The average molecular weight is 288 g/mol. The van der Waals surface area contributed by atoms with E-state index in [-0.39, 0.29) is 17.2 Å². The molecule has 2 aromatic carbocycles. The number of aromatic carboxylic acids is 1. The predicted octanol–water partition coefficient (Wildman–Crippen LogP) is 4.83. The van der Waals surface area contributed by atoms with Crippen molar-refractivity contribution in [1.82, 2.24) is 0 Å². The lowest BCUT2D eigenvalue weighted by molar-refractivity contribution is 0.0693. The van der Waals surface area contributed by atoms with Gasteiger partial charge in [0.15, 0.2) is 0 Å². The summed E-state index contributed by atoms with van der Waals surface area (Å²) in [4.78, 5) is 11.2. The molecular weight excluding hydrogens is 271 g/mol. The predicted molar refractivity (Wildman–Crippen MR) is 78.6 cm³/mol. The number of benzene rings is 2. The Bertz CT molecular complexity index is 652. The molecule has 3 nitrogen and oxygen atoms in total. The molecule has 2 rings (SSSR count). The molecule has 0 heterocycles. The third-order valence-corrected chi connectivity index (χ3v) is 3.45. The number of para-hydroxylation sites is 1. The Morgan fingerprint density at radius 3 is 2.62 bits per heavy atom. The molecule has 0 saturated heterocycles. The molecule has 0 aliphatic carbocycles. The third kappa shape index (κ3) is 3.40. The van der Waals surface area contributed by atoms with Crippen LogP contribution in [-0.4, -0.2) is 11.1 Å². The second kappa shape index (κ2) is 6.39. The summed E-state index contributed by atoms with van der Waals surface area (Å²) in [5, 5.41) is 9.15. The van der Waals surface area contributed by atoms with Crippen LogP contribution in [0.15, 0.2) is 42.5 Å². The fourth-order valence-electron chi connectivity index (χ4n) is 2.08. The highest BCUT2D eigenvalue weighted by atomic mass is 19.1. The Kier molecular flexibility index (Phi) is 4.58. The maximum absolute atomic E-state index is 13.2. The van der Waals surface area contributed by atoms with Crippen LogP contribution in [0.5, 0.6) is 11.5 Å². The quantitative estimate of drug-likeness (QED) is 0.857. The Balaban J connectivity index is 2.41. The van der Waals surface area contributed by atoms with Crippen molar-refractivity contribution in [1.29, 1.82) is 0 Å². The Morgan fingerprint density at radius 2 is 1.95 bits per heavy atom. The Morgan fingerprint density at radius 1 is 1.24 bits per heavy atom. The van der Waals surface area contributed by atoms with E-state index in [9.17, 15) is 9.18 Å². The molecule has 2 aromatic rings. The average Bonchev–Trinajstić information content (AvgIpc) is 2.48. The zero-order chi connectivity index (χ0) is 15.4. The first-order chi connectivity index (χ1) is 10.0. The van der Waals surface area contributed by atoms with Crippen LogP contribution in [0.25, 0.3) is 0 Å². The van der Waals surface area contributed by atoms with Gasteiger partial charge in [0.25, 0.3) is 0 Å². The SMILES string of the molecule is CCC(C)c1ccccc1Oc1ccc(F)cc1C(=O)O. The van der Waals surface area contributed by atoms with Crippen molar-refractivity contribution in [3.05, 3.63) is 59.4 Å². The van der Waals surface area contributed by atoms with Crippen molar-refractivity contribution in [2.75, 3.05) is 0 Å². The van der Waals surface area contributed by atoms with Crippen LogP contribution in [0.1, 0.15) is 42.1 Å². The minimum Gasteiger partial charge on any atom is -0.478 e. The first-order valence-corrected chi connectivity index (χ1v) is 6.82. The number of carboxylic acid groups (broad SMARTS) is 1. The van der Waals surface area contributed by atoms with Crippen molar-refractivity contribution in [3.8, 4) is 11.5 Å². The second-order valence-corrected chi connectivity index (χ2v) is 4.89. The summed E-state index contributed by atoms with van der Waals surface area (Å²) in [6, 6.07) is 11.0. The lowest BCUT2D eigenvalue weighted by atomic mass is 9.98. The number of rotatable bonds is 5. The van der Waals surface area contributed by atoms with Crippen LogP contribution in [0, 0.1) is 5.82 Å². The summed E-state index contributed by atoms with van der Waals surface area (Å²) in [5.41, 5.74) is 0.814. The van der Waals surface area contributed by atoms with Crippen molar-refractivity contribution >= 4 is 5.97 Å². The molecule has 0 aliphatic heterocycles. The maximum Gasteiger partial charge on any atom is 0.339 e. The largest absolute Gasteiger partial charge is 0.478 e. The summed E-state index contributed by atoms with van der Waals surface area (Å²) < 4.78 is 18.9. The van der Waals surface area contributed by atoms with Gasteiger partial charge in [-0.2, -0.15) is 0 Å². The molecule has 21 heavy (non-hydrogen) atoms. The van der Waals surface area contributed by atoms with E-state index in [0.29, 0.717) is 5.75 Å². The van der Waals surface area contributed by atoms with E-state index in [1.165, 1.54) is 12.1 Å². The van der Waals surface area contributed by atoms with E-state index in [1.54, 1.807) is 6.07 Å². The number of hydrogen-bond acceptors (Lipinski definition) is 2. The zero-order valence-corrected chi connectivity index (χ0v) is 12.0. The summed E-state index contributed by atoms with van der Waals surface area (Å²) in [6.07, 6.45) is 0.940. The third-order valence-electron chi connectivity index (χ3n) is 3.45. The van der Waals surface area contributed by atoms with Gasteiger partial charge in [0, 0.05) is 0 Å². The molecule has 4 heteroatoms. The van der Waals surface area contributed by atoms with Gasteiger partial charge in [-0.15, -0.1) is 0 Å². The van der Waals surface area contributed by atoms with Gasteiger partial charge in [-0.3, -0.25) is 0 Å². The highest BCUT2D eigenvalue weighted by Gasteiger charge is 2.16. The fourth-order valence-corrected chi connectivity index (χ4v) is 2.08. The molecule has 0 spiro atoms. The summed E-state index contributed by atoms with van der Waals surface area (Å²) in [7, 11) is 0. The van der Waals surface area contributed by atoms with E-state index in [2.05, 4.69) is 13.8 Å². The normalized spacial score (nSPS) is 12.0. The molecule has 0 amide bonds. The highest BCUT2D eigenvalue weighted by molar-refractivity contribution is 5.91. The van der Waals surface area contributed by atoms with Crippen LogP contribution in [0.2, 0.25) is 0 Å². The van der Waals surface area contributed by atoms with E-state index in [4.69, 9.17) is 9.84 Å². The minimum atomic E-state index is -1.22. The molecule has 0 saturated carbocycles. The molecule has 1 N–H and O–H groups in total. The lowest BCUT2D eigenvalue weighted by Gasteiger charge is -2.16. The summed E-state index contributed by atoms with van der Waals surface area (Å²) in [5.74, 6) is -0.795. The van der Waals surface area contributed by atoms with Gasteiger partial charge >= 0.3 is 5.97 Å². The van der Waals surface area contributed by atoms with Crippen molar-refractivity contribution < 1.29 is 19.0 Å². The first-order valence-electron chi connectivity index (χ1n) is 6.82. The molecule has 1 atom stereocenters. The molecule has 0 aromatic heterocycles. The van der Waals surface area contributed by atoms with Gasteiger partial charge < -0.3 is 9.84 Å². The van der Waals surface area contributed by atoms with E-state index < -0.39 is 11.8 Å². The number of ether oxygens (including phenoxy) is 1. The van der Waals surface area contributed by atoms with Crippen LogP contribution in [0.4, 0.5) is 4.39 Å². The topological polar surface area (TPSA) is 46.5 Å². The van der Waals surface area contributed by atoms with Gasteiger partial charge in [0.1, 0.15) is 22.9 Å². The van der Waals surface area contributed by atoms with Crippen LogP contribution < -0.4 is 4.74 Å². The smallest absolute Gasteiger partial charge is 0.339 e. The monoisotopic (exact) mass is 288 g/mol. The van der Waals surface area contributed by atoms with Crippen LogP contribution in [0.3, 0.4) is 0 Å². The summed E-state index contributed by atoms with van der Waals surface area (Å²) in [6.45, 7) is 4.15. The summed E-state index contributed by atoms with van der Waals surface area (Å²) >= 11 is 0. The van der Waals surface area contributed by atoms with Crippen molar-refractivity contribution in [3.63, 3.8) is 0 Å². The lowest BCUT2D eigenvalue weighted by Crippen LogP contribution is -2.02. The molecule has 110 valence electrons. The number of carbonyl (C=O) groups is 1. The highest BCUT2D eigenvalue weighted by Crippen LogP contribution is 2.33. The van der Waals surface area contributed by atoms with E-state index in [1.807, 2.05) is 18.2 Å². The van der Waals surface area contributed by atoms with Gasteiger partial charge in [-0.25, -0.2) is 9.18 Å². The van der Waals surface area contributed by atoms with E-state index in [0.717, 1.165) is 18.1 Å². The van der Waals surface area contributed by atoms with Gasteiger partial charge in [-0.05, 0) is 42.2 Å². The Hall–Kier alpha value is -2.36. The zero-order valence-electron chi connectivity index (χ0n) is 12.0. The minimum absolute atomic E-state index is 0.139.